The number of halogens is 3. The van der Waals surface area contributed by atoms with Crippen molar-refractivity contribution in [3.63, 3.8) is 0 Å². The minimum Gasteiger partial charge on any atom is -0.434 e. The lowest BCUT2D eigenvalue weighted by Crippen LogP contribution is -2.02. The van der Waals surface area contributed by atoms with Gasteiger partial charge in [-0.05, 0) is 35.7 Å². The molecule has 108 valence electrons. The summed E-state index contributed by atoms with van der Waals surface area (Å²) in [5.74, 6) is 0.708. The Balaban J connectivity index is 2.23. The minimum absolute atomic E-state index is 0.0141. The van der Waals surface area contributed by atoms with Gasteiger partial charge in [-0.15, -0.1) is 0 Å². The molecular formula is C12H10F3NO2S2. The number of nitrogens with zero attached hydrogens (tertiary/aromatic N) is 1. The van der Waals surface area contributed by atoms with Crippen molar-refractivity contribution in [2.45, 2.75) is 17.3 Å². The molecule has 0 spiro atoms. The van der Waals surface area contributed by atoms with Crippen LogP contribution in [0, 0.1) is 0 Å². The molecular weight excluding hydrogens is 311 g/mol. The number of oxazole rings is 1. The number of aromatic nitrogens is 1. The zero-order chi connectivity index (χ0) is 14.8. The number of hydrogen-bond donors (Lipinski definition) is 0. The monoisotopic (exact) mass is 321 g/mol. The van der Waals surface area contributed by atoms with E-state index in [9.17, 15) is 18.0 Å². The van der Waals surface area contributed by atoms with Gasteiger partial charge in [0.15, 0.2) is 5.58 Å². The molecule has 2 rings (SSSR count). The number of Topliss-reactive ketones (excluding diaryl/α,β-unsaturated/α-hetero) is 1. The second-order valence-corrected chi connectivity index (χ2v) is 6.17. The summed E-state index contributed by atoms with van der Waals surface area (Å²) in [6.45, 7) is 1.92. The van der Waals surface area contributed by atoms with Crippen molar-refractivity contribution < 1.29 is 22.4 Å². The van der Waals surface area contributed by atoms with Gasteiger partial charge in [0, 0.05) is 4.90 Å². The first-order valence-electron chi connectivity index (χ1n) is 5.66. The molecule has 0 amide bonds. The van der Waals surface area contributed by atoms with E-state index in [-0.39, 0.29) is 39.6 Å². The lowest BCUT2D eigenvalue weighted by Gasteiger charge is -2.04. The van der Waals surface area contributed by atoms with Crippen molar-refractivity contribution in [3.05, 3.63) is 24.1 Å². The number of ketones is 1. The number of alkyl halides is 3. The Morgan fingerprint density at radius 1 is 1.40 bits per heavy atom. The number of carbonyl (C=O) groups is 1. The van der Waals surface area contributed by atoms with Gasteiger partial charge >= 0.3 is 5.51 Å². The second kappa shape index (κ2) is 6.09. The van der Waals surface area contributed by atoms with Crippen molar-refractivity contribution >= 4 is 40.4 Å². The van der Waals surface area contributed by atoms with E-state index in [1.807, 2.05) is 6.92 Å². The zero-order valence-corrected chi connectivity index (χ0v) is 12.0. The van der Waals surface area contributed by atoms with Gasteiger partial charge in [-0.25, -0.2) is 4.98 Å². The molecule has 0 fully saturated rings. The fourth-order valence-corrected chi connectivity index (χ4v) is 2.57. The molecule has 0 N–H and O–H groups in total. The summed E-state index contributed by atoms with van der Waals surface area (Å²) in [5.41, 5.74) is -3.79. The number of fused-ring (bicyclic) bond motifs is 1. The van der Waals surface area contributed by atoms with Crippen LogP contribution in [0.15, 0.2) is 27.5 Å². The van der Waals surface area contributed by atoms with Crippen LogP contribution in [0.5, 0.6) is 0 Å². The van der Waals surface area contributed by atoms with Crippen LogP contribution < -0.4 is 0 Å². The molecule has 0 aliphatic heterocycles. The molecule has 8 heteroatoms. The normalized spacial score (nSPS) is 12.0. The summed E-state index contributed by atoms with van der Waals surface area (Å²) < 4.78 is 42.1. The average molecular weight is 321 g/mol. The van der Waals surface area contributed by atoms with Gasteiger partial charge in [-0.3, -0.25) is 4.79 Å². The molecule has 0 saturated carbocycles. The number of carbonyl (C=O) groups excluding carboxylic acids is 1. The second-order valence-electron chi connectivity index (χ2n) is 3.76. The summed E-state index contributed by atoms with van der Waals surface area (Å²) in [5, 5.41) is 0. The van der Waals surface area contributed by atoms with Crippen LogP contribution >= 0.6 is 23.5 Å². The highest BCUT2D eigenvalue weighted by molar-refractivity contribution is 8.00. The summed E-state index contributed by atoms with van der Waals surface area (Å²) in [7, 11) is 0. The Kier molecular flexibility index (Phi) is 4.64. The molecule has 0 aliphatic rings. The highest BCUT2D eigenvalue weighted by atomic mass is 32.2. The van der Waals surface area contributed by atoms with Crippen LogP contribution in [0.3, 0.4) is 0 Å². The Bertz CT molecular complexity index is 625. The van der Waals surface area contributed by atoms with E-state index >= 15 is 0 Å². The Morgan fingerprint density at radius 2 is 2.15 bits per heavy atom. The van der Waals surface area contributed by atoms with E-state index < -0.39 is 5.51 Å². The standard InChI is InChI=1S/C12H10F3NO2S2/c1-2-19-6-9(17)11-16-8-5-7(20-12(13,14)15)3-4-10(8)18-11/h3-5H,2,6H2,1H3. The first kappa shape index (κ1) is 15.2. The quantitative estimate of drug-likeness (QED) is 0.604. The van der Waals surface area contributed by atoms with E-state index in [2.05, 4.69) is 4.98 Å². The predicted octanol–water partition coefficient (Wildman–Crippen LogP) is 4.38. The van der Waals surface area contributed by atoms with Crippen molar-refractivity contribution in [1.82, 2.24) is 4.98 Å². The van der Waals surface area contributed by atoms with Crippen LogP contribution in [0.2, 0.25) is 0 Å². The van der Waals surface area contributed by atoms with Crippen molar-refractivity contribution in [2.24, 2.45) is 0 Å². The Labute approximate surface area is 121 Å². The fraction of sp³-hybridized carbons (Fsp3) is 0.333. The molecule has 3 nitrogen and oxygen atoms in total. The lowest BCUT2D eigenvalue weighted by molar-refractivity contribution is -0.0328. The van der Waals surface area contributed by atoms with Crippen LogP contribution in [0.1, 0.15) is 17.6 Å². The van der Waals surface area contributed by atoms with Crippen molar-refractivity contribution in [3.8, 4) is 0 Å². The molecule has 20 heavy (non-hydrogen) atoms. The van der Waals surface area contributed by atoms with Gasteiger partial charge in [-0.2, -0.15) is 24.9 Å². The summed E-state index contributed by atoms with van der Waals surface area (Å²) in [6.07, 6.45) is 0. The fourth-order valence-electron chi connectivity index (χ4n) is 1.48. The third-order valence-electron chi connectivity index (χ3n) is 2.27. The zero-order valence-electron chi connectivity index (χ0n) is 10.4. The largest absolute Gasteiger partial charge is 0.446 e. The van der Waals surface area contributed by atoms with Gasteiger partial charge in [0.2, 0.25) is 5.78 Å². The third-order valence-corrected chi connectivity index (χ3v) is 3.86. The molecule has 1 aromatic heterocycles. The highest BCUT2D eigenvalue weighted by Gasteiger charge is 2.29. The maximum Gasteiger partial charge on any atom is 0.446 e. The van der Waals surface area contributed by atoms with Gasteiger partial charge in [0.05, 0.1) is 5.75 Å². The topological polar surface area (TPSA) is 43.1 Å². The van der Waals surface area contributed by atoms with Crippen molar-refractivity contribution in [1.29, 1.82) is 0 Å². The smallest absolute Gasteiger partial charge is 0.434 e. The molecule has 0 bridgehead atoms. The summed E-state index contributed by atoms with van der Waals surface area (Å²) in [4.78, 5) is 15.7. The summed E-state index contributed by atoms with van der Waals surface area (Å²) >= 11 is 1.21. The minimum atomic E-state index is -4.35. The van der Waals surface area contributed by atoms with Gasteiger partial charge in [-0.1, -0.05) is 6.92 Å². The first-order chi connectivity index (χ1) is 9.39. The van der Waals surface area contributed by atoms with Gasteiger partial charge in [0.1, 0.15) is 5.52 Å². The maximum absolute atomic E-state index is 12.3. The molecule has 1 heterocycles. The Hall–Kier alpha value is -1.15. The highest BCUT2D eigenvalue weighted by Crippen LogP contribution is 2.37. The third kappa shape index (κ3) is 3.92. The number of benzene rings is 1. The van der Waals surface area contributed by atoms with E-state index in [1.54, 1.807) is 0 Å². The van der Waals surface area contributed by atoms with Crippen LogP contribution in [0.25, 0.3) is 11.1 Å². The molecule has 0 aliphatic carbocycles. The molecule has 1 aromatic carbocycles. The van der Waals surface area contributed by atoms with Gasteiger partial charge < -0.3 is 4.42 Å². The van der Waals surface area contributed by atoms with Crippen LogP contribution in [0.4, 0.5) is 13.2 Å². The average Bonchev–Trinajstić information content (AvgIpc) is 2.77. The maximum atomic E-state index is 12.3. The predicted molar refractivity (Wildman–Crippen MR) is 73.3 cm³/mol. The molecule has 0 unspecified atom stereocenters. The molecule has 0 atom stereocenters. The van der Waals surface area contributed by atoms with Crippen LogP contribution in [-0.4, -0.2) is 27.8 Å². The number of rotatable bonds is 5. The SMILES string of the molecule is CCSCC(=O)c1nc2cc(SC(F)(F)F)ccc2o1. The van der Waals surface area contributed by atoms with Crippen LogP contribution in [-0.2, 0) is 0 Å². The molecule has 2 aromatic rings. The Morgan fingerprint density at radius 3 is 2.80 bits per heavy atom. The summed E-state index contributed by atoms with van der Waals surface area (Å²) in [6, 6.07) is 3.95. The molecule has 0 radical (unpaired) electrons. The lowest BCUT2D eigenvalue weighted by atomic mass is 10.3. The first-order valence-corrected chi connectivity index (χ1v) is 7.63. The number of thioether (sulfide) groups is 2. The number of hydrogen-bond acceptors (Lipinski definition) is 5. The van der Waals surface area contributed by atoms with E-state index in [0.717, 1.165) is 5.75 Å². The van der Waals surface area contributed by atoms with Crippen molar-refractivity contribution in [2.75, 3.05) is 11.5 Å². The van der Waals surface area contributed by atoms with E-state index in [1.165, 1.54) is 30.0 Å². The van der Waals surface area contributed by atoms with E-state index in [4.69, 9.17) is 4.42 Å². The van der Waals surface area contributed by atoms with E-state index in [0.29, 0.717) is 5.58 Å². The molecule has 0 saturated heterocycles. The van der Waals surface area contributed by atoms with Gasteiger partial charge in [0.25, 0.3) is 5.89 Å².